The van der Waals surface area contributed by atoms with Gasteiger partial charge in [0.2, 0.25) is 5.91 Å². The van der Waals surface area contributed by atoms with Gasteiger partial charge in [0.15, 0.2) is 0 Å². The predicted octanol–water partition coefficient (Wildman–Crippen LogP) is 3.26. The van der Waals surface area contributed by atoms with Gasteiger partial charge in [-0.2, -0.15) is 0 Å². The summed E-state index contributed by atoms with van der Waals surface area (Å²) in [5.41, 5.74) is 2.99. The zero-order chi connectivity index (χ0) is 12.8. The van der Waals surface area contributed by atoms with Crippen LogP contribution in [-0.2, 0) is 4.79 Å². The number of hydrogen-bond donors (Lipinski definition) is 1. The Morgan fingerprint density at radius 3 is 2.28 bits per heavy atom. The molecule has 0 aliphatic rings. The van der Waals surface area contributed by atoms with E-state index < -0.39 is 0 Å². The van der Waals surface area contributed by atoms with Crippen LogP contribution in [0.2, 0.25) is 0 Å². The number of benzene rings is 1. The number of aromatic nitrogens is 1. The second kappa shape index (κ2) is 5.77. The highest BCUT2D eigenvalue weighted by Gasteiger charge is 1.99. The summed E-state index contributed by atoms with van der Waals surface area (Å²) in [7, 11) is 0. The Kier molecular flexibility index (Phi) is 3.86. The van der Waals surface area contributed by atoms with E-state index in [-0.39, 0.29) is 5.91 Å². The van der Waals surface area contributed by atoms with E-state index in [0.717, 1.165) is 16.8 Å². The van der Waals surface area contributed by atoms with Crippen molar-refractivity contribution in [2.45, 2.75) is 6.92 Å². The van der Waals surface area contributed by atoms with E-state index in [9.17, 15) is 4.79 Å². The maximum atomic E-state index is 11.4. The lowest BCUT2D eigenvalue weighted by atomic mass is 10.1. The first kappa shape index (κ1) is 12.0. The van der Waals surface area contributed by atoms with Crippen LogP contribution in [0, 0.1) is 0 Å². The molecule has 1 aromatic heterocycles. The normalized spacial score (nSPS) is 10.5. The molecule has 0 bridgehead atoms. The maximum absolute atomic E-state index is 11.4. The summed E-state index contributed by atoms with van der Waals surface area (Å²) in [6.45, 7) is 1.81. The van der Waals surface area contributed by atoms with E-state index in [1.165, 1.54) is 6.08 Å². The number of carbonyl (C=O) groups is 1. The number of rotatable bonds is 3. The molecule has 0 aliphatic carbocycles. The monoisotopic (exact) mass is 238 g/mol. The average Bonchev–Trinajstić information content (AvgIpc) is 2.41. The van der Waals surface area contributed by atoms with Crippen LogP contribution in [0.1, 0.15) is 6.92 Å². The number of carbonyl (C=O) groups excluding carboxylic acids is 1. The minimum Gasteiger partial charge on any atom is -0.323 e. The van der Waals surface area contributed by atoms with Gasteiger partial charge in [0.05, 0.1) is 0 Å². The number of anilines is 1. The van der Waals surface area contributed by atoms with Gasteiger partial charge in [-0.15, -0.1) is 0 Å². The highest BCUT2D eigenvalue weighted by atomic mass is 16.1. The van der Waals surface area contributed by atoms with Crippen LogP contribution in [0.25, 0.3) is 11.1 Å². The first-order valence-corrected chi connectivity index (χ1v) is 5.74. The van der Waals surface area contributed by atoms with Crippen molar-refractivity contribution in [3.8, 4) is 11.1 Å². The molecule has 18 heavy (non-hydrogen) atoms. The molecule has 0 atom stereocenters. The zero-order valence-electron chi connectivity index (χ0n) is 10.1. The molecule has 0 saturated heterocycles. The van der Waals surface area contributed by atoms with Gasteiger partial charge in [-0.25, -0.2) is 0 Å². The van der Waals surface area contributed by atoms with Crippen molar-refractivity contribution in [3.63, 3.8) is 0 Å². The standard InChI is InChI=1S/C15H14N2O/c1-2-3-15(18)17-14-6-4-12(5-7-14)13-8-10-16-11-9-13/h2-11H,1H3,(H,17,18)/b3-2+. The van der Waals surface area contributed by atoms with Crippen LogP contribution < -0.4 is 5.32 Å². The minimum atomic E-state index is -0.117. The molecular weight excluding hydrogens is 224 g/mol. The Hall–Kier alpha value is -2.42. The average molecular weight is 238 g/mol. The SMILES string of the molecule is C/C=C/C(=O)Nc1ccc(-c2ccncc2)cc1. The first-order chi connectivity index (χ1) is 8.79. The third-order valence-corrected chi connectivity index (χ3v) is 2.48. The van der Waals surface area contributed by atoms with Crippen molar-refractivity contribution in [1.82, 2.24) is 4.98 Å². The molecule has 0 unspecified atom stereocenters. The molecule has 0 saturated carbocycles. The van der Waals surface area contributed by atoms with Crippen molar-refractivity contribution in [3.05, 3.63) is 60.9 Å². The molecule has 1 heterocycles. The quantitative estimate of drug-likeness (QED) is 0.834. The summed E-state index contributed by atoms with van der Waals surface area (Å²) < 4.78 is 0. The molecule has 0 radical (unpaired) electrons. The van der Waals surface area contributed by atoms with Gasteiger partial charge in [-0.1, -0.05) is 18.2 Å². The highest BCUT2D eigenvalue weighted by molar-refractivity contribution is 5.99. The fourth-order valence-corrected chi connectivity index (χ4v) is 1.63. The summed E-state index contributed by atoms with van der Waals surface area (Å²) in [5.74, 6) is -0.117. The number of nitrogens with one attached hydrogen (secondary N) is 1. The van der Waals surface area contributed by atoms with Crippen molar-refractivity contribution in [2.24, 2.45) is 0 Å². The van der Waals surface area contributed by atoms with Crippen LogP contribution in [0.3, 0.4) is 0 Å². The maximum Gasteiger partial charge on any atom is 0.248 e. The van der Waals surface area contributed by atoms with Crippen LogP contribution in [-0.4, -0.2) is 10.9 Å². The van der Waals surface area contributed by atoms with E-state index in [2.05, 4.69) is 10.3 Å². The fraction of sp³-hybridized carbons (Fsp3) is 0.0667. The van der Waals surface area contributed by atoms with Gasteiger partial charge in [-0.3, -0.25) is 9.78 Å². The smallest absolute Gasteiger partial charge is 0.248 e. The second-order valence-corrected chi connectivity index (χ2v) is 3.80. The molecule has 2 rings (SSSR count). The van der Waals surface area contributed by atoms with Gasteiger partial charge in [0.1, 0.15) is 0 Å². The summed E-state index contributed by atoms with van der Waals surface area (Å²) in [5, 5.41) is 2.78. The number of pyridine rings is 1. The molecule has 0 aliphatic heterocycles. The molecular formula is C15H14N2O. The molecule has 3 heteroatoms. The Bertz CT molecular complexity index is 544. The third kappa shape index (κ3) is 3.04. The zero-order valence-corrected chi connectivity index (χ0v) is 10.1. The van der Waals surface area contributed by atoms with E-state index >= 15 is 0 Å². The highest BCUT2D eigenvalue weighted by Crippen LogP contribution is 2.20. The lowest BCUT2D eigenvalue weighted by molar-refractivity contribution is -0.111. The Morgan fingerprint density at radius 2 is 1.67 bits per heavy atom. The van der Waals surface area contributed by atoms with E-state index in [1.54, 1.807) is 18.5 Å². The summed E-state index contributed by atoms with van der Waals surface area (Å²) in [6, 6.07) is 11.6. The number of nitrogens with zero attached hydrogens (tertiary/aromatic N) is 1. The van der Waals surface area contributed by atoms with Gasteiger partial charge < -0.3 is 5.32 Å². The lowest BCUT2D eigenvalue weighted by Gasteiger charge is -2.04. The molecule has 1 amide bonds. The molecule has 1 aromatic carbocycles. The molecule has 90 valence electrons. The van der Waals surface area contributed by atoms with Gasteiger partial charge in [0.25, 0.3) is 0 Å². The van der Waals surface area contributed by atoms with Crippen LogP contribution in [0.5, 0.6) is 0 Å². The van der Waals surface area contributed by atoms with E-state index in [4.69, 9.17) is 0 Å². The third-order valence-electron chi connectivity index (χ3n) is 2.48. The summed E-state index contributed by atoms with van der Waals surface area (Å²) in [4.78, 5) is 15.3. The summed E-state index contributed by atoms with van der Waals surface area (Å²) in [6.07, 6.45) is 6.73. The predicted molar refractivity (Wildman–Crippen MR) is 73.1 cm³/mol. The van der Waals surface area contributed by atoms with Crippen molar-refractivity contribution >= 4 is 11.6 Å². The largest absolute Gasteiger partial charge is 0.323 e. The van der Waals surface area contributed by atoms with Gasteiger partial charge >= 0.3 is 0 Å². The van der Waals surface area contributed by atoms with Crippen LogP contribution in [0.15, 0.2) is 60.9 Å². The Balaban J connectivity index is 2.13. The Morgan fingerprint density at radius 1 is 1.06 bits per heavy atom. The van der Waals surface area contributed by atoms with E-state index in [0.29, 0.717) is 0 Å². The first-order valence-electron chi connectivity index (χ1n) is 5.74. The fourth-order valence-electron chi connectivity index (χ4n) is 1.63. The number of hydrogen-bond acceptors (Lipinski definition) is 2. The number of allylic oxidation sites excluding steroid dienone is 1. The van der Waals surface area contributed by atoms with Crippen molar-refractivity contribution < 1.29 is 4.79 Å². The molecule has 0 fully saturated rings. The van der Waals surface area contributed by atoms with Gasteiger partial charge in [-0.05, 0) is 48.4 Å². The molecule has 3 nitrogen and oxygen atoms in total. The van der Waals surface area contributed by atoms with E-state index in [1.807, 2.05) is 43.3 Å². The molecule has 0 spiro atoms. The summed E-state index contributed by atoms with van der Waals surface area (Å²) >= 11 is 0. The van der Waals surface area contributed by atoms with Gasteiger partial charge in [0, 0.05) is 18.1 Å². The topological polar surface area (TPSA) is 42.0 Å². The molecule has 2 aromatic rings. The molecule has 1 N–H and O–H groups in total. The van der Waals surface area contributed by atoms with Crippen molar-refractivity contribution in [2.75, 3.05) is 5.32 Å². The van der Waals surface area contributed by atoms with Crippen LogP contribution >= 0.6 is 0 Å². The van der Waals surface area contributed by atoms with Crippen molar-refractivity contribution in [1.29, 1.82) is 0 Å². The van der Waals surface area contributed by atoms with Crippen LogP contribution in [0.4, 0.5) is 5.69 Å². The lowest BCUT2D eigenvalue weighted by Crippen LogP contribution is -2.07. The second-order valence-electron chi connectivity index (χ2n) is 3.80. The Labute approximate surface area is 106 Å². The number of amides is 1. The minimum absolute atomic E-state index is 0.117.